The van der Waals surface area contributed by atoms with Crippen molar-refractivity contribution in [2.75, 3.05) is 13.1 Å². The predicted octanol–water partition coefficient (Wildman–Crippen LogP) is 1.08. The molecule has 2 rings (SSSR count). The molecule has 1 saturated heterocycles. The average molecular weight is 253 g/mol. The van der Waals surface area contributed by atoms with E-state index in [1.54, 1.807) is 4.31 Å². The van der Waals surface area contributed by atoms with Crippen LogP contribution in [0.3, 0.4) is 0 Å². The van der Waals surface area contributed by atoms with Gasteiger partial charge in [0.1, 0.15) is 0 Å². The van der Waals surface area contributed by atoms with Crippen molar-refractivity contribution in [1.82, 2.24) is 9.03 Å². The fourth-order valence-electron chi connectivity index (χ4n) is 2.04. The van der Waals surface area contributed by atoms with Crippen LogP contribution in [0, 0.1) is 0 Å². The zero-order chi connectivity index (χ0) is 10.9. The molecule has 1 aliphatic heterocycles. The number of hydrogen-bond donors (Lipinski definition) is 1. The second-order valence-corrected chi connectivity index (χ2v) is 6.67. The maximum absolute atomic E-state index is 11.9. The lowest BCUT2D eigenvalue weighted by molar-refractivity contribution is 0.324. The van der Waals surface area contributed by atoms with Crippen LogP contribution in [0.15, 0.2) is 0 Å². The van der Waals surface area contributed by atoms with Crippen molar-refractivity contribution in [2.45, 2.75) is 43.5 Å². The summed E-state index contributed by atoms with van der Waals surface area (Å²) in [4.78, 5) is 0. The number of nitrogens with zero attached hydrogens (tertiary/aromatic N) is 1. The van der Waals surface area contributed by atoms with Crippen LogP contribution < -0.4 is 4.72 Å². The molecule has 0 aromatic rings. The molecular weight excluding hydrogens is 236 g/mol. The molecule has 15 heavy (non-hydrogen) atoms. The van der Waals surface area contributed by atoms with Gasteiger partial charge < -0.3 is 0 Å². The summed E-state index contributed by atoms with van der Waals surface area (Å²) in [5.41, 5.74) is 0. The molecule has 0 spiro atoms. The average Bonchev–Trinajstić information content (AvgIpc) is 2.17. The fourth-order valence-corrected chi connectivity index (χ4v) is 3.97. The van der Waals surface area contributed by atoms with Crippen molar-refractivity contribution >= 4 is 21.8 Å². The third kappa shape index (κ3) is 2.84. The van der Waals surface area contributed by atoms with Crippen molar-refractivity contribution < 1.29 is 8.42 Å². The van der Waals surface area contributed by atoms with Gasteiger partial charge in [0.25, 0.3) is 10.2 Å². The van der Waals surface area contributed by atoms with Gasteiger partial charge in [-0.3, -0.25) is 0 Å². The summed E-state index contributed by atoms with van der Waals surface area (Å²) >= 11 is 5.81. The van der Waals surface area contributed by atoms with E-state index in [1.165, 1.54) is 0 Å². The molecule has 1 aliphatic carbocycles. The summed E-state index contributed by atoms with van der Waals surface area (Å²) in [6.07, 6.45) is 4.61. The van der Waals surface area contributed by atoms with Crippen LogP contribution in [0.5, 0.6) is 0 Å². The van der Waals surface area contributed by atoms with Crippen molar-refractivity contribution in [1.29, 1.82) is 0 Å². The molecule has 6 heteroatoms. The van der Waals surface area contributed by atoms with Crippen LogP contribution in [0.2, 0.25) is 0 Å². The molecule has 0 atom stereocenters. The standard InChI is InChI=1S/C9H17ClN2O2S/c10-8-6-9(7-8)11-15(13,14)12-4-2-1-3-5-12/h8-9,11H,1-7H2. The Hall–Kier alpha value is 0.160. The highest BCUT2D eigenvalue weighted by Crippen LogP contribution is 2.26. The third-order valence-electron chi connectivity index (χ3n) is 3.05. The van der Waals surface area contributed by atoms with Crippen LogP contribution in [0.25, 0.3) is 0 Å². The summed E-state index contributed by atoms with van der Waals surface area (Å²) in [5, 5.41) is 0.152. The van der Waals surface area contributed by atoms with E-state index in [4.69, 9.17) is 11.6 Å². The smallest absolute Gasteiger partial charge is 0.199 e. The van der Waals surface area contributed by atoms with E-state index in [9.17, 15) is 8.42 Å². The summed E-state index contributed by atoms with van der Waals surface area (Å²) in [6, 6.07) is 0.0550. The number of piperidine rings is 1. The highest BCUT2D eigenvalue weighted by atomic mass is 35.5. The van der Waals surface area contributed by atoms with Gasteiger partial charge in [0, 0.05) is 24.5 Å². The van der Waals surface area contributed by atoms with E-state index in [2.05, 4.69) is 4.72 Å². The maximum atomic E-state index is 11.9. The van der Waals surface area contributed by atoms with Crippen LogP contribution in [-0.2, 0) is 10.2 Å². The minimum absolute atomic E-state index is 0.0550. The Morgan fingerprint density at radius 1 is 1.13 bits per heavy atom. The first kappa shape index (κ1) is 11.6. The van der Waals surface area contributed by atoms with Gasteiger partial charge in [-0.05, 0) is 25.7 Å². The Labute approximate surface area is 96.2 Å². The lowest BCUT2D eigenvalue weighted by Crippen LogP contribution is -2.51. The molecule has 1 heterocycles. The number of alkyl halides is 1. The molecule has 0 amide bonds. The molecule has 0 radical (unpaired) electrons. The van der Waals surface area contributed by atoms with Gasteiger partial charge in [0.05, 0.1) is 0 Å². The molecule has 0 bridgehead atoms. The lowest BCUT2D eigenvalue weighted by Gasteiger charge is -2.34. The van der Waals surface area contributed by atoms with Crippen LogP contribution >= 0.6 is 11.6 Å². The molecule has 2 aliphatic rings. The molecule has 0 aromatic heterocycles. The lowest BCUT2D eigenvalue weighted by atomic mass is 9.94. The summed E-state index contributed by atoms with van der Waals surface area (Å²) in [6.45, 7) is 1.32. The Bertz CT molecular complexity index is 308. The Kier molecular flexibility index (Phi) is 3.55. The van der Waals surface area contributed by atoms with Gasteiger partial charge in [-0.15, -0.1) is 11.6 Å². The monoisotopic (exact) mass is 252 g/mol. The Morgan fingerprint density at radius 2 is 1.73 bits per heavy atom. The molecule has 0 aromatic carbocycles. The van der Waals surface area contributed by atoms with E-state index in [0.29, 0.717) is 13.1 Å². The molecule has 1 saturated carbocycles. The number of nitrogens with one attached hydrogen (secondary N) is 1. The topological polar surface area (TPSA) is 49.4 Å². The fraction of sp³-hybridized carbons (Fsp3) is 1.00. The predicted molar refractivity (Wildman–Crippen MR) is 60.1 cm³/mol. The highest BCUT2D eigenvalue weighted by molar-refractivity contribution is 7.87. The highest BCUT2D eigenvalue weighted by Gasteiger charge is 2.33. The minimum atomic E-state index is -3.24. The normalized spacial score (nSPS) is 33.7. The van der Waals surface area contributed by atoms with Crippen molar-refractivity contribution in [3.8, 4) is 0 Å². The first-order chi connectivity index (χ1) is 7.08. The quantitative estimate of drug-likeness (QED) is 0.764. The second-order valence-electron chi connectivity index (χ2n) is 4.35. The number of halogens is 1. The van der Waals surface area contributed by atoms with E-state index < -0.39 is 10.2 Å². The first-order valence-corrected chi connectivity index (χ1v) is 7.37. The zero-order valence-corrected chi connectivity index (χ0v) is 10.2. The van der Waals surface area contributed by atoms with Gasteiger partial charge in [-0.2, -0.15) is 17.4 Å². The second kappa shape index (κ2) is 4.57. The van der Waals surface area contributed by atoms with E-state index in [1.807, 2.05) is 0 Å². The van der Waals surface area contributed by atoms with Gasteiger partial charge >= 0.3 is 0 Å². The number of hydrogen-bond acceptors (Lipinski definition) is 2. The summed E-state index contributed by atoms with van der Waals surface area (Å²) in [7, 11) is -3.24. The molecule has 2 fully saturated rings. The number of rotatable bonds is 3. The van der Waals surface area contributed by atoms with Gasteiger partial charge in [-0.25, -0.2) is 0 Å². The zero-order valence-electron chi connectivity index (χ0n) is 8.65. The molecule has 1 N–H and O–H groups in total. The summed E-state index contributed by atoms with van der Waals surface area (Å²) in [5.74, 6) is 0. The van der Waals surface area contributed by atoms with Gasteiger partial charge in [0.2, 0.25) is 0 Å². The Morgan fingerprint density at radius 3 is 2.27 bits per heavy atom. The third-order valence-corrected chi connectivity index (χ3v) is 5.08. The Balaban J connectivity index is 1.88. The molecular formula is C9H17ClN2O2S. The van der Waals surface area contributed by atoms with Gasteiger partial charge in [-0.1, -0.05) is 6.42 Å². The molecule has 0 unspecified atom stereocenters. The molecule has 4 nitrogen and oxygen atoms in total. The maximum Gasteiger partial charge on any atom is 0.279 e. The van der Waals surface area contributed by atoms with E-state index in [-0.39, 0.29) is 11.4 Å². The minimum Gasteiger partial charge on any atom is -0.199 e. The van der Waals surface area contributed by atoms with Crippen molar-refractivity contribution in [2.24, 2.45) is 0 Å². The SMILES string of the molecule is O=S(=O)(NC1CC(Cl)C1)N1CCCCC1. The van der Waals surface area contributed by atoms with Crippen molar-refractivity contribution in [3.63, 3.8) is 0 Å². The first-order valence-electron chi connectivity index (χ1n) is 5.49. The van der Waals surface area contributed by atoms with E-state index in [0.717, 1.165) is 32.1 Å². The van der Waals surface area contributed by atoms with Gasteiger partial charge in [0.15, 0.2) is 0 Å². The van der Waals surface area contributed by atoms with Crippen LogP contribution in [0.1, 0.15) is 32.1 Å². The van der Waals surface area contributed by atoms with Crippen molar-refractivity contribution in [3.05, 3.63) is 0 Å². The van der Waals surface area contributed by atoms with Crippen LogP contribution in [0.4, 0.5) is 0 Å². The largest absolute Gasteiger partial charge is 0.279 e. The molecule has 88 valence electrons. The summed E-state index contributed by atoms with van der Waals surface area (Å²) < 4.78 is 28.0. The van der Waals surface area contributed by atoms with E-state index >= 15 is 0 Å². The van der Waals surface area contributed by atoms with Crippen LogP contribution in [-0.4, -0.2) is 37.2 Å².